The standard InChI is InChI=1S/C15H19NO6/c1-21-12-4-2-11(3-5-12)13(17)6-7-14(18)16-8-9-22-10-15(19)20/h2-5H,6-10H2,1H3,(H,16,18)(H,19,20). The van der Waals surface area contributed by atoms with E-state index in [9.17, 15) is 14.4 Å². The van der Waals surface area contributed by atoms with E-state index in [-0.39, 0.29) is 37.7 Å². The number of ketones is 1. The Hall–Kier alpha value is -2.41. The first kappa shape index (κ1) is 17.6. The summed E-state index contributed by atoms with van der Waals surface area (Å²) >= 11 is 0. The maximum Gasteiger partial charge on any atom is 0.329 e. The van der Waals surface area contributed by atoms with Crippen LogP contribution in [-0.2, 0) is 14.3 Å². The summed E-state index contributed by atoms with van der Waals surface area (Å²) in [5.41, 5.74) is 0.526. The highest BCUT2D eigenvalue weighted by Gasteiger charge is 2.09. The number of carbonyl (C=O) groups excluding carboxylic acids is 2. The molecule has 0 unspecified atom stereocenters. The molecule has 0 heterocycles. The van der Waals surface area contributed by atoms with Crippen LogP contribution < -0.4 is 10.1 Å². The van der Waals surface area contributed by atoms with Crippen molar-refractivity contribution in [2.24, 2.45) is 0 Å². The van der Waals surface area contributed by atoms with E-state index in [2.05, 4.69) is 5.32 Å². The van der Waals surface area contributed by atoms with Gasteiger partial charge in [0.25, 0.3) is 0 Å². The molecule has 22 heavy (non-hydrogen) atoms. The molecule has 120 valence electrons. The summed E-state index contributed by atoms with van der Waals surface area (Å²) in [7, 11) is 1.54. The summed E-state index contributed by atoms with van der Waals surface area (Å²) in [5.74, 6) is -0.798. The van der Waals surface area contributed by atoms with E-state index < -0.39 is 12.6 Å². The van der Waals surface area contributed by atoms with Gasteiger partial charge in [0.05, 0.1) is 13.7 Å². The molecular weight excluding hydrogens is 290 g/mol. The Labute approximate surface area is 128 Å². The number of carbonyl (C=O) groups is 3. The number of benzene rings is 1. The normalized spacial score (nSPS) is 10.0. The highest BCUT2D eigenvalue weighted by Crippen LogP contribution is 2.13. The quantitative estimate of drug-likeness (QED) is 0.491. The van der Waals surface area contributed by atoms with E-state index in [0.29, 0.717) is 11.3 Å². The molecular formula is C15H19NO6. The molecule has 0 fully saturated rings. The Morgan fingerprint density at radius 3 is 2.41 bits per heavy atom. The Morgan fingerprint density at radius 1 is 1.14 bits per heavy atom. The molecule has 0 aliphatic heterocycles. The lowest BCUT2D eigenvalue weighted by molar-refractivity contribution is -0.142. The Morgan fingerprint density at radius 2 is 1.82 bits per heavy atom. The number of amides is 1. The van der Waals surface area contributed by atoms with Crippen molar-refractivity contribution >= 4 is 17.7 Å². The number of carboxylic acids is 1. The highest BCUT2D eigenvalue weighted by atomic mass is 16.5. The average Bonchev–Trinajstić information content (AvgIpc) is 2.52. The van der Waals surface area contributed by atoms with Crippen LogP contribution in [0.2, 0.25) is 0 Å². The fourth-order valence-corrected chi connectivity index (χ4v) is 1.66. The molecule has 1 rings (SSSR count). The second-order valence-corrected chi connectivity index (χ2v) is 4.45. The molecule has 0 aromatic heterocycles. The number of Topliss-reactive ketones (excluding diaryl/α,β-unsaturated/α-hetero) is 1. The Balaban J connectivity index is 2.22. The molecule has 7 nitrogen and oxygen atoms in total. The van der Waals surface area contributed by atoms with Crippen LogP contribution in [0.4, 0.5) is 0 Å². The zero-order valence-electron chi connectivity index (χ0n) is 12.3. The maximum absolute atomic E-state index is 11.9. The summed E-state index contributed by atoms with van der Waals surface area (Å²) in [6.45, 7) is -0.0703. The van der Waals surface area contributed by atoms with E-state index in [1.165, 1.54) is 0 Å². The number of rotatable bonds is 10. The third kappa shape index (κ3) is 6.85. The number of carboxylic acid groups (broad SMARTS) is 1. The van der Waals surface area contributed by atoms with Gasteiger partial charge in [-0.1, -0.05) is 0 Å². The predicted octanol–water partition coefficient (Wildman–Crippen LogP) is 0.875. The van der Waals surface area contributed by atoms with Crippen LogP contribution >= 0.6 is 0 Å². The van der Waals surface area contributed by atoms with Gasteiger partial charge in [-0.3, -0.25) is 9.59 Å². The van der Waals surface area contributed by atoms with Gasteiger partial charge in [-0.05, 0) is 24.3 Å². The van der Waals surface area contributed by atoms with Crippen LogP contribution in [0.5, 0.6) is 5.75 Å². The van der Waals surface area contributed by atoms with Crippen molar-refractivity contribution in [1.82, 2.24) is 5.32 Å². The number of ether oxygens (including phenoxy) is 2. The first-order valence-electron chi connectivity index (χ1n) is 6.76. The third-order valence-electron chi connectivity index (χ3n) is 2.79. The number of hydrogen-bond donors (Lipinski definition) is 2. The smallest absolute Gasteiger partial charge is 0.329 e. The van der Waals surface area contributed by atoms with Gasteiger partial charge in [0.1, 0.15) is 12.4 Å². The molecule has 0 bridgehead atoms. The molecule has 1 aromatic rings. The fourth-order valence-electron chi connectivity index (χ4n) is 1.66. The first-order valence-corrected chi connectivity index (χ1v) is 6.76. The van der Waals surface area contributed by atoms with Gasteiger partial charge >= 0.3 is 5.97 Å². The van der Waals surface area contributed by atoms with Crippen molar-refractivity contribution in [1.29, 1.82) is 0 Å². The van der Waals surface area contributed by atoms with Crippen molar-refractivity contribution in [3.8, 4) is 5.75 Å². The maximum atomic E-state index is 11.9. The van der Waals surface area contributed by atoms with Crippen LogP contribution in [-0.4, -0.2) is 49.6 Å². The fraction of sp³-hybridized carbons (Fsp3) is 0.400. The lowest BCUT2D eigenvalue weighted by Crippen LogP contribution is -2.28. The van der Waals surface area contributed by atoms with Crippen molar-refractivity contribution in [3.63, 3.8) is 0 Å². The number of methoxy groups -OCH3 is 1. The molecule has 0 aliphatic carbocycles. The number of nitrogens with one attached hydrogen (secondary N) is 1. The van der Waals surface area contributed by atoms with E-state index in [0.717, 1.165) is 0 Å². The minimum absolute atomic E-state index is 0.0732. The molecule has 1 amide bonds. The van der Waals surface area contributed by atoms with Crippen LogP contribution in [0.15, 0.2) is 24.3 Å². The minimum atomic E-state index is -1.06. The van der Waals surface area contributed by atoms with E-state index in [4.69, 9.17) is 14.6 Å². The van der Waals surface area contributed by atoms with Gasteiger partial charge in [-0.25, -0.2) is 4.79 Å². The van der Waals surface area contributed by atoms with E-state index in [1.807, 2.05) is 0 Å². The second kappa shape index (κ2) is 9.51. The summed E-state index contributed by atoms with van der Waals surface area (Å²) in [4.78, 5) is 33.6. The topological polar surface area (TPSA) is 102 Å². The van der Waals surface area contributed by atoms with Crippen molar-refractivity contribution < 1.29 is 29.0 Å². The van der Waals surface area contributed by atoms with Gasteiger partial charge in [0.2, 0.25) is 5.91 Å². The summed E-state index contributed by atoms with van der Waals surface area (Å²) < 4.78 is 9.77. The predicted molar refractivity (Wildman–Crippen MR) is 78.0 cm³/mol. The highest BCUT2D eigenvalue weighted by molar-refractivity contribution is 5.98. The lowest BCUT2D eigenvalue weighted by atomic mass is 10.1. The van der Waals surface area contributed by atoms with Gasteiger partial charge < -0.3 is 19.9 Å². The molecule has 0 radical (unpaired) electrons. The minimum Gasteiger partial charge on any atom is -0.497 e. The molecule has 0 aliphatic rings. The first-order chi connectivity index (χ1) is 10.5. The van der Waals surface area contributed by atoms with Crippen LogP contribution in [0, 0.1) is 0 Å². The van der Waals surface area contributed by atoms with Gasteiger partial charge in [-0.15, -0.1) is 0 Å². The molecule has 7 heteroatoms. The van der Waals surface area contributed by atoms with Crippen molar-refractivity contribution in [2.75, 3.05) is 26.9 Å². The lowest BCUT2D eigenvalue weighted by Gasteiger charge is -2.05. The molecule has 0 saturated heterocycles. The van der Waals surface area contributed by atoms with Crippen LogP contribution in [0.1, 0.15) is 23.2 Å². The molecule has 0 atom stereocenters. The molecule has 0 spiro atoms. The molecule has 1 aromatic carbocycles. The van der Waals surface area contributed by atoms with Gasteiger partial charge in [-0.2, -0.15) is 0 Å². The largest absolute Gasteiger partial charge is 0.497 e. The third-order valence-corrected chi connectivity index (χ3v) is 2.79. The Kier molecular flexibility index (Phi) is 7.63. The summed E-state index contributed by atoms with van der Waals surface area (Å²) in [5, 5.41) is 10.9. The van der Waals surface area contributed by atoms with Gasteiger partial charge in [0.15, 0.2) is 5.78 Å². The molecule has 0 saturated carbocycles. The van der Waals surface area contributed by atoms with Crippen LogP contribution in [0.25, 0.3) is 0 Å². The van der Waals surface area contributed by atoms with E-state index >= 15 is 0 Å². The van der Waals surface area contributed by atoms with Gasteiger partial charge in [0, 0.05) is 24.9 Å². The SMILES string of the molecule is COc1ccc(C(=O)CCC(=O)NCCOCC(=O)O)cc1. The van der Waals surface area contributed by atoms with Crippen molar-refractivity contribution in [2.45, 2.75) is 12.8 Å². The monoisotopic (exact) mass is 309 g/mol. The van der Waals surface area contributed by atoms with E-state index in [1.54, 1.807) is 31.4 Å². The number of aliphatic carboxylic acids is 1. The van der Waals surface area contributed by atoms with Crippen LogP contribution in [0.3, 0.4) is 0 Å². The average molecular weight is 309 g/mol. The zero-order chi connectivity index (χ0) is 16.4. The molecule has 2 N–H and O–H groups in total. The number of hydrogen-bond acceptors (Lipinski definition) is 5. The summed E-state index contributed by atoms with van der Waals surface area (Å²) in [6.07, 6.45) is 0.179. The Bertz CT molecular complexity index is 511. The summed E-state index contributed by atoms with van der Waals surface area (Å²) in [6, 6.07) is 6.68. The second-order valence-electron chi connectivity index (χ2n) is 4.45. The van der Waals surface area contributed by atoms with Crippen molar-refractivity contribution in [3.05, 3.63) is 29.8 Å². The zero-order valence-corrected chi connectivity index (χ0v) is 12.3.